The number of nitrogens with zero attached hydrogens (tertiary/aromatic N) is 1. The highest BCUT2D eigenvalue weighted by Crippen LogP contribution is 2.59. The Morgan fingerprint density at radius 1 is 0.491 bits per heavy atom. The quantitative estimate of drug-likeness (QED) is 0.0326. The molecule has 13 heteroatoms. The number of esters is 4. The Labute approximate surface area is 350 Å². The van der Waals surface area contributed by atoms with Crippen molar-refractivity contribution in [2.45, 2.75) is 27.7 Å². The Morgan fingerprint density at radius 3 is 1.07 bits per heavy atom. The third-order valence-electron chi connectivity index (χ3n) is 7.63. The van der Waals surface area contributed by atoms with Crippen LogP contribution in [0.1, 0.15) is 49.9 Å². The SMILES string of the molecule is C=C(C)C(=O)Oc1ccc(C2=C(c3ccc(OC(=O)C(=C)C)cc3)SN(S/C(=C(\S)c3ccc(OC(=O)C(=C)C)cc3)c3ccc(OC(=O)C(=C)C)cc3)S2)cc1. The minimum Gasteiger partial charge on any atom is -0.423 e. The number of thiol groups is 1. The number of ether oxygens (including phenoxy) is 4. The highest BCUT2D eigenvalue weighted by Gasteiger charge is 2.30. The lowest BCUT2D eigenvalue weighted by atomic mass is 10.1. The Balaban J connectivity index is 1.52. The second-order valence-corrected chi connectivity index (χ2v) is 16.6. The van der Waals surface area contributed by atoms with E-state index in [0.717, 1.165) is 37.0 Å². The fourth-order valence-electron chi connectivity index (χ4n) is 4.57. The summed E-state index contributed by atoms with van der Waals surface area (Å²) in [6.07, 6.45) is 0. The first-order chi connectivity index (χ1) is 27.1. The minimum atomic E-state index is -0.532. The van der Waals surface area contributed by atoms with Gasteiger partial charge >= 0.3 is 23.9 Å². The summed E-state index contributed by atoms with van der Waals surface area (Å²) in [5.74, 6) is -0.633. The van der Waals surface area contributed by atoms with Gasteiger partial charge in [-0.25, -0.2) is 19.2 Å². The second-order valence-electron chi connectivity index (χ2n) is 12.6. The molecule has 0 saturated carbocycles. The molecule has 0 unspecified atom stereocenters. The predicted octanol–water partition coefficient (Wildman–Crippen LogP) is 11.2. The van der Waals surface area contributed by atoms with Gasteiger partial charge in [0.05, 0.1) is 0 Å². The molecule has 0 radical (unpaired) electrons. The first-order valence-corrected chi connectivity index (χ1v) is 19.8. The standard InChI is InChI=1S/C44H37NO8S4/c1-25(2)41(46)50-33-17-9-29(10-18-33)37(54)38(30-11-19-34(20-12-30)51-42(47)26(3)4)55-45-56-39(31-13-21-35(22-14-31)52-43(48)27(5)6)40(57-45)32-15-23-36(24-16-32)53-44(49)28(7)8/h9-24,54H,1,3,5,7H2,2,4,6,8H3/b38-37-. The zero-order valence-electron chi connectivity index (χ0n) is 31.5. The van der Waals surface area contributed by atoms with Crippen molar-refractivity contribution in [3.05, 3.63) is 168 Å². The number of carbonyl (C=O) groups is 4. The zero-order valence-corrected chi connectivity index (χ0v) is 34.8. The van der Waals surface area contributed by atoms with E-state index >= 15 is 0 Å². The van der Waals surface area contributed by atoms with Gasteiger partial charge in [0.25, 0.3) is 0 Å². The second kappa shape index (κ2) is 19.1. The third kappa shape index (κ3) is 11.3. The summed E-state index contributed by atoms with van der Waals surface area (Å²) in [4.78, 5) is 51.9. The van der Waals surface area contributed by atoms with Crippen LogP contribution in [-0.4, -0.2) is 27.0 Å². The van der Waals surface area contributed by atoms with Crippen LogP contribution < -0.4 is 18.9 Å². The maximum Gasteiger partial charge on any atom is 0.338 e. The van der Waals surface area contributed by atoms with E-state index in [4.69, 9.17) is 31.6 Å². The molecular weight excluding hydrogens is 799 g/mol. The summed E-state index contributed by atoms with van der Waals surface area (Å²) >= 11 is 9.40. The van der Waals surface area contributed by atoms with Gasteiger partial charge < -0.3 is 18.9 Å². The van der Waals surface area contributed by atoms with Gasteiger partial charge in [0.15, 0.2) is 0 Å². The largest absolute Gasteiger partial charge is 0.423 e. The molecule has 0 aromatic heterocycles. The van der Waals surface area contributed by atoms with Crippen LogP contribution in [0.2, 0.25) is 0 Å². The fourth-order valence-corrected chi connectivity index (χ4v) is 8.76. The van der Waals surface area contributed by atoms with E-state index < -0.39 is 23.9 Å². The number of carbonyl (C=O) groups excluding carboxylic acids is 4. The number of hydrogen-bond acceptors (Lipinski definition) is 13. The van der Waals surface area contributed by atoms with Gasteiger partial charge in [0.2, 0.25) is 0 Å². The molecule has 0 N–H and O–H groups in total. The van der Waals surface area contributed by atoms with E-state index in [9.17, 15) is 19.2 Å². The zero-order chi connectivity index (χ0) is 41.4. The van der Waals surface area contributed by atoms with Crippen LogP contribution in [0.4, 0.5) is 0 Å². The van der Waals surface area contributed by atoms with Crippen LogP contribution in [0.5, 0.6) is 23.0 Å². The van der Waals surface area contributed by atoms with Gasteiger partial charge in [-0.1, -0.05) is 74.8 Å². The van der Waals surface area contributed by atoms with Gasteiger partial charge in [-0.2, -0.15) is 0 Å². The van der Waals surface area contributed by atoms with Gasteiger partial charge in [-0.3, -0.25) is 0 Å². The van der Waals surface area contributed by atoms with E-state index in [0.29, 0.717) is 27.9 Å². The molecule has 4 aromatic carbocycles. The molecule has 0 fully saturated rings. The molecule has 5 rings (SSSR count). The van der Waals surface area contributed by atoms with E-state index in [2.05, 4.69) is 26.3 Å². The van der Waals surface area contributed by atoms with Crippen molar-refractivity contribution < 1.29 is 38.1 Å². The molecule has 290 valence electrons. The Bertz CT molecular complexity index is 2260. The fraction of sp³-hybridized carbons (Fsp3) is 0.0909. The summed E-state index contributed by atoms with van der Waals surface area (Å²) in [5.41, 5.74) is 4.37. The summed E-state index contributed by atoms with van der Waals surface area (Å²) in [6.45, 7) is 20.9. The molecular formula is C44H37NO8S4. The molecule has 4 aromatic rings. The Kier molecular flexibility index (Phi) is 14.3. The maximum atomic E-state index is 12.2. The average Bonchev–Trinajstić information content (AvgIpc) is 3.61. The predicted molar refractivity (Wildman–Crippen MR) is 235 cm³/mol. The number of rotatable bonds is 14. The molecule has 1 aliphatic rings. The van der Waals surface area contributed by atoms with Crippen molar-refractivity contribution in [3.63, 3.8) is 0 Å². The monoisotopic (exact) mass is 835 g/mol. The van der Waals surface area contributed by atoms with Crippen LogP contribution in [0.15, 0.2) is 146 Å². The molecule has 0 bridgehead atoms. The molecule has 0 amide bonds. The Hall–Kier alpha value is -5.44. The van der Waals surface area contributed by atoms with Crippen LogP contribution in [0.3, 0.4) is 0 Å². The minimum absolute atomic E-state index is 0.275. The van der Waals surface area contributed by atoms with Crippen LogP contribution in [-0.2, 0) is 19.2 Å². The smallest absolute Gasteiger partial charge is 0.338 e. The summed E-state index contributed by atoms with van der Waals surface area (Å²) in [6, 6.07) is 28.4. The molecule has 0 saturated heterocycles. The van der Waals surface area contributed by atoms with Crippen molar-refractivity contribution in [1.82, 2.24) is 3.12 Å². The molecule has 0 aliphatic carbocycles. The van der Waals surface area contributed by atoms with Gasteiger partial charge in [0.1, 0.15) is 23.0 Å². The van der Waals surface area contributed by atoms with Crippen molar-refractivity contribution >= 4 is 92.0 Å². The van der Waals surface area contributed by atoms with Crippen molar-refractivity contribution in [1.29, 1.82) is 0 Å². The van der Waals surface area contributed by atoms with Crippen LogP contribution in [0, 0.1) is 0 Å². The summed E-state index contributed by atoms with van der Waals surface area (Å²) in [7, 11) is 0. The normalized spacial score (nSPS) is 12.9. The van der Waals surface area contributed by atoms with E-state index in [-0.39, 0.29) is 22.3 Å². The summed E-state index contributed by atoms with van der Waals surface area (Å²) in [5, 5.41) is 0. The molecule has 57 heavy (non-hydrogen) atoms. The van der Waals surface area contributed by atoms with Crippen molar-refractivity contribution in [3.8, 4) is 23.0 Å². The van der Waals surface area contributed by atoms with E-state index in [1.165, 1.54) is 35.8 Å². The molecule has 9 nitrogen and oxygen atoms in total. The van der Waals surface area contributed by atoms with Gasteiger partial charge in [0, 0.05) is 41.9 Å². The number of hydrogen-bond donors (Lipinski definition) is 1. The van der Waals surface area contributed by atoms with Gasteiger partial charge in [-0.15, -0.1) is 15.7 Å². The topological polar surface area (TPSA) is 108 Å². The molecule has 1 heterocycles. The van der Waals surface area contributed by atoms with Crippen molar-refractivity contribution in [2.24, 2.45) is 0 Å². The third-order valence-corrected chi connectivity index (χ3v) is 12.1. The highest BCUT2D eigenvalue weighted by molar-refractivity contribution is 8.36. The lowest BCUT2D eigenvalue weighted by Crippen LogP contribution is -2.08. The maximum absolute atomic E-state index is 12.2. The van der Waals surface area contributed by atoms with Crippen LogP contribution >= 0.6 is 48.5 Å². The highest BCUT2D eigenvalue weighted by atomic mass is 32.3. The van der Waals surface area contributed by atoms with Crippen molar-refractivity contribution in [2.75, 3.05) is 0 Å². The number of benzene rings is 4. The molecule has 0 spiro atoms. The Morgan fingerprint density at radius 2 is 0.772 bits per heavy atom. The first-order valence-electron chi connectivity index (χ1n) is 17.0. The summed E-state index contributed by atoms with van der Waals surface area (Å²) < 4.78 is 23.7. The van der Waals surface area contributed by atoms with E-state index in [1.54, 1.807) is 88.4 Å². The first kappa shape index (κ1) is 42.7. The molecule has 1 aliphatic heterocycles. The molecule has 0 atom stereocenters. The van der Waals surface area contributed by atoms with Gasteiger partial charge in [-0.05, 0) is 134 Å². The lowest BCUT2D eigenvalue weighted by Gasteiger charge is -2.18. The lowest BCUT2D eigenvalue weighted by molar-refractivity contribution is -0.130. The average molecular weight is 836 g/mol. The van der Waals surface area contributed by atoms with Crippen LogP contribution in [0.25, 0.3) is 19.6 Å². The van der Waals surface area contributed by atoms with E-state index in [1.807, 2.05) is 39.5 Å².